The maximum absolute atomic E-state index is 11.3. The van der Waals surface area contributed by atoms with E-state index in [1.54, 1.807) is 0 Å². The Balaban J connectivity index is 2.80. The van der Waals surface area contributed by atoms with Crippen molar-refractivity contribution in [2.75, 3.05) is 0 Å². The lowest BCUT2D eigenvalue weighted by Gasteiger charge is -2.42. The first-order valence-corrected chi connectivity index (χ1v) is 5.78. The Morgan fingerprint density at radius 2 is 2.06 bits per heavy atom. The largest absolute Gasteiger partial charge is 0.465 e. The Kier molecular flexibility index (Phi) is 3.79. The highest BCUT2D eigenvalue weighted by atomic mass is 16.4. The van der Waals surface area contributed by atoms with Crippen molar-refractivity contribution in [3.63, 3.8) is 0 Å². The summed E-state index contributed by atoms with van der Waals surface area (Å²) in [6.07, 6.45) is 2.53. The molecule has 0 radical (unpaired) electrons. The predicted molar refractivity (Wildman–Crippen MR) is 61.0 cm³/mol. The molecule has 0 saturated heterocycles. The highest BCUT2D eigenvalue weighted by Crippen LogP contribution is 2.31. The minimum atomic E-state index is -0.879. The van der Waals surface area contributed by atoms with Crippen LogP contribution in [0.5, 0.6) is 0 Å². The zero-order valence-electron chi connectivity index (χ0n) is 10.2. The van der Waals surface area contributed by atoms with Crippen molar-refractivity contribution in [3.05, 3.63) is 0 Å². The highest BCUT2D eigenvalue weighted by Gasteiger charge is 2.36. The van der Waals surface area contributed by atoms with Crippen molar-refractivity contribution < 1.29 is 9.90 Å². The first kappa shape index (κ1) is 12.8. The first-order chi connectivity index (χ1) is 7.36. The number of nitrogens with zero attached hydrogens (tertiary/aromatic N) is 2. The highest BCUT2D eigenvalue weighted by molar-refractivity contribution is 5.66. The molecule has 0 spiro atoms. The molecule has 0 unspecified atom stereocenters. The minimum Gasteiger partial charge on any atom is -0.465 e. The Bertz CT molecular complexity index is 301. The number of nitriles is 1. The lowest BCUT2D eigenvalue weighted by Crippen LogP contribution is -2.52. The van der Waals surface area contributed by atoms with E-state index in [0.29, 0.717) is 6.42 Å². The van der Waals surface area contributed by atoms with Gasteiger partial charge in [-0.2, -0.15) is 5.26 Å². The molecule has 4 heteroatoms. The number of carboxylic acid groups (broad SMARTS) is 1. The van der Waals surface area contributed by atoms with E-state index in [0.717, 1.165) is 19.3 Å². The molecule has 2 atom stereocenters. The van der Waals surface area contributed by atoms with Gasteiger partial charge in [0, 0.05) is 17.5 Å². The molecule has 1 aliphatic carbocycles. The van der Waals surface area contributed by atoms with E-state index < -0.39 is 11.6 Å². The van der Waals surface area contributed by atoms with Gasteiger partial charge in [-0.15, -0.1) is 0 Å². The summed E-state index contributed by atoms with van der Waals surface area (Å²) in [6.45, 7) is 5.70. The van der Waals surface area contributed by atoms with Crippen molar-refractivity contribution in [2.24, 2.45) is 5.92 Å². The third kappa shape index (κ3) is 2.88. The second-order valence-electron chi connectivity index (χ2n) is 5.47. The zero-order valence-corrected chi connectivity index (χ0v) is 10.2. The Morgan fingerprint density at radius 3 is 2.50 bits per heavy atom. The van der Waals surface area contributed by atoms with Crippen molar-refractivity contribution in [1.29, 1.82) is 5.26 Å². The average Bonchev–Trinajstić information content (AvgIpc) is 2.15. The summed E-state index contributed by atoms with van der Waals surface area (Å²) in [7, 11) is 0. The van der Waals surface area contributed by atoms with E-state index in [4.69, 9.17) is 5.26 Å². The number of carbonyl (C=O) groups is 1. The van der Waals surface area contributed by atoms with Crippen LogP contribution in [-0.4, -0.2) is 27.7 Å². The van der Waals surface area contributed by atoms with Crippen molar-refractivity contribution in [1.82, 2.24) is 4.90 Å². The molecule has 90 valence electrons. The first-order valence-electron chi connectivity index (χ1n) is 5.78. The summed E-state index contributed by atoms with van der Waals surface area (Å²) in [6, 6.07) is 2.26. The van der Waals surface area contributed by atoms with Gasteiger partial charge in [0.25, 0.3) is 0 Å². The minimum absolute atomic E-state index is 0.00380. The van der Waals surface area contributed by atoms with Crippen LogP contribution in [0.4, 0.5) is 4.79 Å². The third-order valence-corrected chi connectivity index (χ3v) is 3.12. The summed E-state index contributed by atoms with van der Waals surface area (Å²) >= 11 is 0. The van der Waals surface area contributed by atoms with Crippen LogP contribution in [0.1, 0.15) is 46.5 Å². The molecule has 1 saturated carbocycles. The normalized spacial score (nSPS) is 25.9. The van der Waals surface area contributed by atoms with Crippen molar-refractivity contribution >= 4 is 6.09 Å². The lowest BCUT2D eigenvalue weighted by molar-refractivity contribution is 0.0519. The molecule has 0 aromatic rings. The fraction of sp³-hybridized carbons (Fsp3) is 0.833. The van der Waals surface area contributed by atoms with E-state index in [-0.39, 0.29) is 12.0 Å². The van der Waals surface area contributed by atoms with Gasteiger partial charge in [-0.3, -0.25) is 0 Å². The van der Waals surface area contributed by atoms with Gasteiger partial charge < -0.3 is 10.0 Å². The third-order valence-electron chi connectivity index (χ3n) is 3.12. The molecule has 0 bridgehead atoms. The van der Waals surface area contributed by atoms with Crippen LogP contribution in [0.15, 0.2) is 0 Å². The van der Waals surface area contributed by atoms with Crippen LogP contribution in [0.2, 0.25) is 0 Å². The molecular formula is C12H20N2O2. The van der Waals surface area contributed by atoms with Crippen molar-refractivity contribution in [3.8, 4) is 6.07 Å². The number of amides is 1. The molecule has 1 rings (SSSR count). The van der Waals surface area contributed by atoms with E-state index >= 15 is 0 Å². The molecule has 0 aliphatic heterocycles. The summed E-state index contributed by atoms with van der Waals surface area (Å²) in [5, 5.41) is 18.2. The van der Waals surface area contributed by atoms with Crippen LogP contribution in [-0.2, 0) is 0 Å². The molecule has 16 heavy (non-hydrogen) atoms. The predicted octanol–water partition coefficient (Wildman–Crippen LogP) is 2.85. The molecule has 4 nitrogen and oxygen atoms in total. The molecule has 0 aromatic carbocycles. The molecular weight excluding hydrogens is 204 g/mol. The Morgan fingerprint density at radius 1 is 1.44 bits per heavy atom. The molecule has 1 N–H and O–H groups in total. The van der Waals surface area contributed by atoms with Gasteiger partial charge in [-0.05, 0) is 40.0 Å². The van der Waals surface area contributed by atoms with Crippen LogP contribution >= 0.6 is 0 Å². The van der Waals surface area contributed by atoms with Crippen LogP contribution in [0.3, 0.4) is 0 Å². The van der Waals surface area contributed by atoms with E-state index in [2.05, 4.69) is 6.07 Å². The van der Waals surface area contributed by atoms with Gasteiger partial charge in [0.1, 0.15) is 0 Å². The summed E-state index contributed by atoms with van der Waals surface area (Å²) < 4.78 is 0. The SMILES string of the molecule is CC(C)(C)N(C(=O)O)[C@H]1CCC[C@H](C#N)C1. The number of hydrogen-bond donors (Lipinski definition) is 1. The second kappa shape index (κ2) is 4.73. The molecule has 1 amide bonds. The summed E-state index contributed by atoms with van der Waals surface area (Å²) in [4.78, 5) is 12.8. The van der Waals surface area contributed by atoms with E-state index in [1.165, 1.54) is 4.90 Å². The van der Waals surface area contributed by atoms with Gasteiger partial charge in [0.2, 0.25) is 0 Å². The smallest absolute Gasteiger partial charge is 0.407 e. The monoisotopic (exact) mass is 224 g/mol. The maximum Gasteiger partial charge on any atom is 0.407 e. The Hall–Kier alpha value is -1.24. The number of hydrogen-bond acceptors (Lipinski definition) is 2. The molecule has 0 heterocycles. The van der Waals surface area contributed by atoms with Crippen molar-refractivity contribution in [2.45, 2.75) is 58.0 Å². The van der Waals surface area contributed by atoms with Gasteiger partial charge in [0.15, 0.2) is 0 Å². The van der Waals surface area contributed by atoms with Gasteiger partial charge in [-0.1, -0.05) is 6.42 Å². The molecule has 0 aromatic heterocycles. The standard InChI is InChI=1S/C12H20N2O2/c1-12(2,3)14(11(15)16)10-6-4-5-9(7-10)8-13/h9-10H,4-7H2,1-3H3,(H,15,16)/t9-,10-/m0/s1. The zero-order chi connectivity index (χ0) is 12.3. The average molecular weight is 224 g/mol. The van der Waals surface area contributed by atoms with E-state index in [1.807, 2.05) is 20.8 Å². The van der Waals surface area contributed by atoms with Gasteiger partial charge in [0.05, 0.1) is 6.07 Å². The van der Waals surface area contributed by atoms with Crippen LogP contribution in [0.25, 0.3) is 0 Å². The van der Waals surface area contributed by atoms with Crippen LogP contribution in [0, 0.1) is 17.2 Å². The topological polar surface area (TPSA) is 64.3 Å². The number of rotatable bonds is 1. The lowest BCUT2D eigenvalue weighted by atomic mass is 9.84. The molecule has 1 fully saturated rings. The Labute approximate surface area is 96.9 Å². The van der Waals surface area contributed by atoms with E-state index in [9.17, 15) is 9.90 Å². The fourth-order valence-corrected chi connectivity index (χ4v) is 2.51. The summed E-state index contributed by atoms with van der Waals surface area (Å²) in [5.74, 6) is 0.0166. The molecule has 1 aliphatic rings. The quantitative estimate of drug-likeness (QED) is 0.744. The second-order valence-corrected chi connectivity index (χ2v) is 5.47. The maximum atomic E-state index is 11.3. The summed E-state index contributed by atoms with van der Waals surface area (Å²) in [5.41, 5.74) is -0.395. The fourth-order valence-electron chi connectivity index (χ4n) is 2.51. The van der Waals surface area contributed by atoms with Gasteiger partial charge in [-0.25, -0.2) is 4.79 Å². The van der Waals surface area contributed by atoms with Gasteiger partial charge >= 0.3 is 6.09 Å². The van der Waals surface area contributed by atoms with Crippen LogP contribution < -0.4 is 0 Å².